The third-order valence-corrected chi connectivity index (χ3v) is 5.12. The predicted octanol–water partition coefficient (Wildman–Crippen LogP) is 4.11. The Balaban J connectivity index is 2.07. The van der Waals surface area contributed by atoms with Crippen molar-refractivity contribution in [2.45, 2.75) is 33.6 Å². The fraction of sp³-hybridized carbons (Fsp3) is 0.455. The molecule has 1 aliphatic rings. The van der Waals surface area contributed by atoms with Crippen molar-refractivity contribution in [3.8, 4) is 0 Å². The maximum Gasteiger partial charge on any atom is 0.289 e. The van der Waals surface area contributed by atoms with E-state index in [0.29, 0.717) is 42.5 Å². The highest BCUT2D eigenvalue weighted by molar-refractivity contribution is 5.97. The molecule has 0 atom stereocenters. The van der Waals surface area contributed by atoms with Crippen molar-refractivity contribution in [3.63, 3.8) is 0 Å². The van der Waals surface area contributed by atoms with Crippen molar-refractivity contribution in [2.24, 2.45) is 5.92 Å². The molecule has 2 amide bonds. The minimum absolute atomic E-state index is 0.0741. The molecule has 6 heteroatoms. The summed E-state index contributed by atoms with van der Waals surface area (Å²) in [5.74, 6) is -0.597. The zero-order valence-corrected chi connectivity index (χ0v) is 17.1. The van der Waals surface area contributed by atoms with E-state index in [9.17, 15) is 9.59 Å². The van der Waals surface area contributed by atoms with Gasteiger partial charge in [0.15, 0.2) is 5.76 Å². The van der Waals surface area contributed by atoms with Gasteiger partial charge in [-0.3, -0.25) is 9.59 Å². The van der Waals surface area contributed by atoms with E-state index >= 15 is 4.39 Å². The van der Waals surface area contributed by atoms with Crippen LogP contribution in [-0.4, -0.2) is 48.8 Å². The molecule has 3 rings (SSSR count). The molecule has 28 heavy (non-hydrogen) atoms. The number of carbonyl (C=O) groups is 2. The summed E-state index contributed by atoms with van der Waals surface area (Å²) in [6, 6.07) is 3.27. The molecule has 1 aromatic heterocycles. The monoisotopic (exact) mass is 386 g/mol. The molecule has 0 fully saturated rings. The van der Waals surface area contributed by atoms with E-state index in [0.717, 1.165) is 11.1 Å². The van der Waals surface area contributed by atoms with Gasteiger partial charge in [0.2, 0.25) is 5.91 Å². The largest absolute Gasteiger partial charge is 0.451 e. The van der Waals surface area contributed by atoms with E-state index in [1.54, 1.807) is 25.1 Å². The van der Waals surface area contributed by atoms with Crippen molar-refractivity contribution in [1.82, 2.24) is 9.80 Å². The van der Waals surface area contributed by atoms with Gasteiger partial charge in [-0.15, -0.1) is 0 Å². The first-order valence-electron chi connectivity index (χ1n) is 9.69. The van der Waals surface area contributed by atoms with Crippen molar-refractivity contribution in [2.75, 3.05) is 27.2 Å². The van der Waals surface area contributed by atoms with E-state index in [4.69, 9.17) is 4.42 Å². The molecule has 0 radical (unpaired) electrons. The standard InChI is InChI=1S/C22H27FN2O3/c1-6-14-10-16(15-8-7-9-25(12-15)21(26)13(2)3)19(23)17-11-18(28-20(14)17)22(27)24(4)5/h8,10-11,13H,6-7,9,12H2,1-5H3. The van der Waals surface area contributed by atoms with Crippen LogP contribution in [0, 0.1) is 11.7 Å². The zero-order chi connectivity index (χ0) is 20.6. The lowest BCUT2D eigenvalue weighted by molar-refractivity contribution is -0.133. The smallest absolute Gasteiger partial charge is 0.289 e. The molecule has 0 N–H and O–H groups in total. The summed E-state index contributed by atoms with van der Waals surface area (Å²) >= 11 is 0. The molecule has 150 valence electrons. The topological polar surface area (TPSA) is 53.8 Å². The quantitative estimate of drug-likeness (QED) is 0.795. The van der Waals surface area contributed by atoms with Gasteiger partial charge in [0, 0.05) is 44.7 Å². The Morgan fingerprint density at radius 1 is 1.29 bits per heavy atom. The van der Waals surface area contributed by atoms with Gasteiger partial charge in [-0.05, 0) is 30.0 Å². The first kappa shape index (κ1) is 20.1. The van der Waals surface area contributed by atoms with Crippen LogP contribution >= 0.6 is 0 Å². The minimum atomic E-state index is -0.404. The van der Waals surface area contributed by atoms with E-state index in [2.05, 4.69) is 0 Å². The summed E-state index contributed by atoms with van der Waals surface area (Å²) in [7, 11) is 3.26. The maximum absolute atomic E-state index is 15.4. The van der Waals surface area contributed by atoms with Gasteiger partial charge in [-0.1, -0.05) is 26.8 Å². The van der Waals surface area contributed by atoms with Crippen LogP contribution in [0.2, 0.25) is 0 Å². The van der Waals surface area contributed by atoms with Gasteiger partial charge in [0.1, 0.15) is 11.4 Å². The summed E-state index contributed by atoms with van der Waals surface area (Å²) < 4.78 is 21.1. The fourth-order valence-corrected chi connectivity index (χ4v) is 3.56. The second kappa shape index (κ2) is 7.78. The van der Waals surface area contributed by atoms with E-state index in [-0.39, 0.29) is 23.5 Å². The SMILES string of the molecule is CCc1cc(C2=CCCN(C(=O)C(C)C)C2)c(F)c2cc(C(=O)N(C)C)oc12. The molecule has 0 spiro atoms. The average Bonchev–Trinajstić information content (AvgIpc) is 3.13. The Kier molecular flexibility index (Phi) is 5.59. The number of hydrogen-bond donors (Lipinski definition) is 0. The average molecular weight is 386 g/mol. The molecule has 1 aliphatic heterocycles. The van der Waals surface area contributed by atoms with Crippen LogP contribution in [0.4, 0.5) is 4.39 Å². The van der Waals surface area contributed by atoms with Gasteiger partial charge in [0.05, 0.1) is 5.39 Å². The molecular formula is C22H27FN2O3. The van der Waals surface area contributed by atoms with Gasteiger partial charge >= 0.3 is 0 Å². The number of nitrogens with zero attached hydrogens (tertiary/aromatic N) is 2. The van der Waals surface area contributed by atoms with Crippen LogP contribution in [-0.2, 0) is 11.2 Å². The minimum Gasteiger partial charge on any atom is -0.451 e. The number of furan rings is 1. The molecule has 5 nitrogen and oxygen atoms in total. The van der Waals surface area contributed by atoms with Crippen LogP contribution in [0.25, 0.3) is 16.5 Å². The highest BCUT2D eigenvalue weighted by Crippen LogP contribution is 2.34. The molecule has 2 aromatic rings. The van der Waals surface area contributed by atoms with Crippen LogP contribution in [0.1, 0.15) is 48.9 Å². The van der Waals surface area contributed by atoms with Gasteiger partial charge < -0.3 is 14.2 Å². The lowest BCUT2D eigenvalue weighted by Gasteiger charge is -2.29. The molecule has 2 heterocycles. The number of rotatable bonds is 4. The summed E-state index contributed by atoms with van der Waals surface area (Å²) in [5, 5.41) is 0.313. The summed E-state index contributed by atoms with van der Waals surface area (Å²) in [4.78, 5) is 27.8. The number of aryl methyl sites for hydroxylation is 1. The molecule has 0 unspecified atom stereocenters. The highest BCUT2D eigenvalue weighted by atomic mass is 19.1. The highest BCUT2D eigenvalue weighted by Gasteiger charge is 2.25. The number of fused-ring (bicyclic) bond motifs is 1. The number of amides is 2. The molecule has 0 bridgehead atoms. The van der Waals surface area contributed by atoms with Crippen molar-refractivity contribution < 1.29 is 18.4 Å². The molecule has 0 aliphatic carbocycles. The first-order chi connectivity index (χ1) is 13.2. The predicted molar refractivity (Wildman–Crippen MR) is 108 cm³/mol. The zero-order valence-electron chi connectivity index (χ0n) is 17.1. The van der Waals surface area contributed by atoms with Gasteiger partial charge in [-0.25, -0.2) is 4.39 Å². The lowest BCUT2D eigenvalue weighted by Crippen LogP contribution is -2.38. The molecular weight excluding hydrogens is 359 g/mol. The van der Waals surface area contributed by atoms with Gasteiger partial charge in [0.25, 0.3) is 5.91 Å². The molecule has 1 aromatic carbocycles. The van der Waals surface area contributed by atoms with E-state index in [1.807, 2.05) is 26.8 Å². The Labute approximate surface area is 164 Å². The Hall–Kier alpha value is -2.63. The van der Waals surface area contributed by atoms with Gasteiger partial charge in [-0.2, -0.15) is 0 Å². The fourth-order valence-electron chi connectivity index (χ4n) is 3.56. The second-order valence-corrected chi connectivity index (χ2v) is 7.74. The number of benzene rings is 1. The van der Waals surface area contributed by atoms with E-state index in [1.165, 1.54) is 11.0 Å². The summed E-state index contributed by atoms with van der Waals surface area (Å²) in [6.45, 7) is 6.76. The number of halogens is 1. The van der Waals surface area contributed by atoms with E-state index < -0.39 is 5.82 Å². The lowest BCUT2D eigenvalue weighted by atomic mass is 9.95. The number of hydrogen-bond acceptors (Lipinski definition) is 3. The van der Waals surface area contributed by atoms with Crippen LogP contribution in [0.3, 0.4) is 0 Å². The van der Waals surface area contributed by atoms with Crippen LogP contribution < -0.4 is 0 Å². The normalized spacial score (nSPS) is 14.5. The van der Waals surface area contributed by atoms with Crippen LogP contribution in [0.5, 0.6) is 0 Å². The third kappa shape index (κ3) is 3.55. The Morgan fingerprint density at radius 2 is 2.00 bits per heavy atom. The maximum atomic E-state index is 15.4. The molecule has 0 saturated carbocycles. The first-order valence-corrected chi connectivity index (χ1v) is 9.69. The molecule has 0 saturated heterocycles. The Morgan fingerprint density at radius 3 is 2.61 bits per heavy atom. The summed E-state index contributed by atoms with van der Waals surface area (Å²) in [5.41, 5.74) is 2.55. The van der Waals surface area contributed by atoms with Crippen molar-refractivity contribution >= 4 is 28.4 Å². The van der Waals surface area contributed by atoms with Crippen molar-refractivity contribution in [1.29, 1.82) is 0 Å². The van der Waals surface area contributed by atoms with Crippen LogP contribution in [0.15, 0.2) is 22.6 Å². The van der Waals surface area contributed by atoms with Crippen molar-refractivity contribution in [3.05, 3.63) is 40.9 Å². The number of carbonyl (C=O) groups excluding carboxylic acids is 2. The third-order valence-electron chi connectivity index (χ3n) is 5.12. The summed E-state index contributed by atoms with van der Waals surface area (Å²) in [6.07, 6.45) is 3.34. The second-order valence-electron chi connectivity index (χ2n) is 7.74. The Bertz CT molecular complexity index is 956.